The standard InChI is InChI=1S/C31H20BrF11N4O5/c1-2-52-27(51)45-22(48)10-11-47(26(50)16-8-6-15(14-44)7-9-16)21-5-3-4-18(23(21)33)25(49)46-24-19(29(35,36)37)12-17(13-20(24)32)28(34,30(38,39)40)31(41,42)43/h3-9,12-13H,2,10-11H2,1H3,(H,46,49)(H,45,48,51). The second-order valence-corrected chi connectivity index (χ2v) is 11.1. The zero-order chi connectivity index (χ0) is 39.4. The van der Waals surface area contributed by atoms with Gasteiger partial charge in [0.05, 0.1) is 40.7 Å². The molecule has 2 N–H and O–H groups in total. The fourth-order valence-corrected chi connectivity index (χ4v) is 5.02. The zero-order valence-corrected chi connectivity index (χ0v) is 27.4. The molecular formula is C31H20BrF11N4O5. The summed E-state index contributed by atoms with van der Waals surface area (Å²) < 4.78 is 156. The molecule has 4 amide bonds. The van der Waals surface area contributed by atoms with Crippen LogP contribution in [-0.2, 0) is 21.4 Å². The number of amides is 4. The van der Waals surface area contributed by atoms with Crippen molar-refractivity contribution < 1.29 is 72.2 Å². The Morgan fingerprint density at radius 3 is 2.02 bits per heavy atom. The first kappa shape index (κ1) is 41.2. The molecule has 0 saturated carbocycles. The Balaban J connectivity index is 2.11. The molecule has 3 aromatic rings. The van der Waals surface area contributed by atoms with E-state index in [9.17, 15) is 63.1 Å². The quantitative estimate of drug-likeness (QED) is 0.209. The molecule has 278 valence electrons. The summed E-state index contributed by atoms with van der Waals surface area (Å²) in [5.41, 5.74) is -14.7. The number of hydrogen-bond acceptors (Lipinski definition) is 6. The summed E-state index contributed by atoms with van der Waals surface area (Å²) in [5.74, 6) is -5.47. The van der Waals surface area contributed by atoms with Gasteiger partial charge in [-0.2, -0.15) is 44.8 Å². The minimum absolute atomic E-state index is 0.105. The minimum atomic E-state index is -6.79. The molecule has 0 unspecified atom stereocenters. The van der Waals surface area contributed by atoms with E-state index in [2.05, 4.69) is 20.7 Å². The van der Waals surface area contributed by atoms with E-state index >= 15 is 4.39 Å². The largest absolute Gasteiger partial charge is 0.450 e. The molecule has 0 aromatic heterocycles. The van der Waals surface area contributed by atoms with Gasteiger partial charge in [-0.05, 0) is 71.4 Å². The maximum Gasteiger partial charge on any atom is 0.435 e. The maximum atomic E-state index is 16.0. The number of carbonyl (C=O) groups is 4. The van der Waals surface area contributed by atoms with E-state index in [0.717, 1.165) is 24.3 Å². The van der Waals surface area contributed by atoms with Crippen LogP contribution >= 0.6 is 15.9 Å². The van der Waals surface area contributed by atoms with Crippen molar-refractivity contribution in [3.8, 4) is 6.07 Å². The molecule has 3 aromatic carbocycles. The van der Waals surface area contributed by atoms with Crippen LogP contribution < -0.4 is 15.5 Å². The Bertz CT molecular complexity index is 1890. The van der Waals surface area contributed by atoms with Crippen molar-refractivity contribution >= 4 is 51.1 Å². The lowest BCUT2D eigenvalue weighted by Crippen LogP contribution is -2.50. The first-order valence-corrected chi connectivity index (χ1v) is 14.9. The highest BCUT2D eigenvalue weighted by Gasteiger charge is 2.73. The van der Waals surface area contributed by atoms with Crippen LogP contribution in [0.3, 0.4) is 0 Å². The minimum Gasteiger partial charge on any atom is -0.450 e. The number of nitrogens with one attached hydrogen (secondary N) is 2. The molecule has 0 saturated heterocycles. The summed E-state index contributed by atoms with van der Waals surface area (Å²) in [6, 6.07) is 7.90. The molecule has 0 aliphatic carbocycles. The highest BCUT2D eigenvalue weighted by molar-refractivity contribution is 9.10. The van der Waals surface area contributed by atoms with Gasteiger partial charge in [0.25, 0.3) is 11.8 Å². The van der Waals surface area contributed by atoms with E-state index in [0.29, 0.717) is 11.0 Å². The Morgan fingerprint density at radius 1 is 0.904 bits per heavy atom. The molecule has 3 rings (SSSR count). The number of hydrogen-bond donors (Lipinski definition) is 2. The fourth-order valence-electron chi connectivity index (χ4n) is 4.46. The highest BCUT2D eigenvalue weighted by Crippen LogP contribution is 2.55. The molecule has 0 fully saturated rings. The van der Waals surface area contributed by atoms with Gasteiger partial charge in [-0.25, -0.2) is 13.6 Å². The smallest absolute Gasteiger partial charge is 0.435 e. The Morgan fingerprint density at radius 2 is 1.50 bits per heavy atom. The van der Waals surface area contributed by atoms with Crippen molar-refractivity contribution in [3.05, 3.63) is 92.7 Å². The van der Waals surface area contributed by atoms with E-state index in [4.69, 9.17) is 5.26 Å². The summed E-state index contributed by atoms with van der Waals surface area (Å²) in [6.07, 6.45) is -21.3. The predicted molar refractivity (Wildman–Crippen MR) is 161 cm³/mol. The Labute approximate surface area is 293 Å². The number of alkyl halides is 10. The number of alkyl carbamates (subject to hydrolysis) is 1. The number of benzene rings is 3. The van der Waals surface area contributed by atoms with Gasteiger partial charge < -0.3 is 15.0 Å². The first-order chi connectivity index (χ1) is 24.0. The molecular weight excluding hydrogens is 797 g/mol. The molecule has 0 bridgehead atoms. The van der Waals surface area contributed by atoms with Crippen molar-refractivity contribution in [3.63, 3.8) is 0 Å². The van der Waals surface area contributed by atoms with Gasteiger partial charge in [0.15, 0.2) is 5.82 Å². The summed E-state index contributed by atoms with van der Waals surface area (Å²) in [5, 5.41) is 12.4. The first-order valence-electron chi connectivity index (χ1n) is 14.1. The second kappa shape index (κ2) is 15.5. The summed E-state index contributed by atoms with van der Waals surface area (Å²) >= 11 is 2.34. The summed E-state index contributed by atoms with van der Waals surface area (Å²) in [7, 11) is 0. The molecule has 0 atom stereocenters. The third-order valence-electron chi connectivity index (χ3n) is 6.91. The van der Waals surface area contributed by atoms with Gasteiger partial charge in [-0.1, -0.05) is 6.07 Å². The van der Waals surface area contributed by atoms with Crippen molar-refractivity contribution in [2.75, 3.05) is 23.4 Å². The molecule has 0 radical (unpaired) electrons. The van der Waals surface area contributed by atoms with Gasteiger partial charge in [-0.15, -0.1) is 0 Å². The van der Waals surface area contributed by atoms with Gasteiger partial charge >= 0.3 is 30.3 Å². The number of imide groups is 1. The van der Waals surface area contributed by atoms with Crippen LogP contribution in [0.25, 0.3) is 0 Å². The van der Waals surface area contributed by atoms with Gasteiger partial charge in [0.1, 0.15) is 0 Å². The van der Waals surface area contributed by atoms with Crippen molar-refractivity contribution in [1.29, 1.82) is 5.26 Å². The third-order valence-corrected chi connectivity index (χ3v) is 7.54. The normalized spacial score (nSPS) is 12.1. The summed E-state index contributed by atoms with van der Waals surface area (Å²) in [6.45, 7) is 0.605. The molecule has 0 aliphatic rings. The number of halogens is 12. The van der Waals surface area contributed by atoms with Crippen molar-refractivity contribution in [1.82, 2.24) is 5.32 Å². The van der Waals surface area contributed by atoms with Gasteiger partial charge in [0.2, 0.25) is 5.91 Å². The Kier molecular flexibility index (Phi) is 12.3. The van der Waals surface area contributed by atoms with Crippen LogP contribution in [0.2, 0.25) is 0 Å². The highest BCUT2D eigenvalue weighted by atomic mass is 79.9. The predicted octanol–water partition coefficient (Wildman–Crippen LogP) is 8.33. The van der Waals surface area contributed by atoms with Crippen LogP contribution in [0.15, 0.2) is 59.1 Å². The van der Waals surface area contributed by atoms with Crippen LogP contribution in [-0.4, -0.2) is 49.3 Å². The van der Waals surface area contributed by atoms with Gasteiger partial charge in [-0.3, -0.25) is 19.7 Å². The van der Waals surface area contributed by atoms with Gasteiger partial charge in [0, 0.05) is 28.6 Å². The van der Waals surface area contributed by atoms with E-state index in [1.165, 1.54) is 19.1 Å². The summed E-state index contributed by atoms with van der Waals surface area (Å²) in [4.78, 5) is 51.2. The fraction of sp³-hybridized carbons (Fsp3) is 0.258. The maximum absolute atomic E-state index is 16.0. The molecule has 0 aliphatic heterocycles. The molecule has 21 heteroatoms. The monoisotopic (exact) mass is 816 g/mol. The van der Waals surface area contributed by atoms with E-state index in [-0.39, 0.29) is 23.8 Å². The molecule has 9 nitrogen and oxygen atoms in total. The van der Waals surface area contributed by atoms with Crippen LogP contribution in [0.4, 0.5) is 64.5 Å². The second-order valence-electron chi connectivity index (χ2n) is 10.3. The Hall–Kier alpha value is -5.26. The number of nitrogens with zero attached hydrogens (tertiary/aromatic N) is 2. The van der Waals surface area contributed by atoms with Crippen LogP contribution in [0.1, 0.15) is 50.8 Å². The zero-order valence-electron chi connectivity index (χ0n) is 25.8. The SMILES string of the molecule is CCOC(=O)NC(=O)CCN(C(=O)c1ccc(C#N)cc1)c1cccc(C(=O)Nc2c(Br)cc(C(F)(C(F)(F)F)C(F)(F)F)cc2C(F)(F)F)c1F. The average Bonchev–Trinajstić information content (AvgIpc) is 3.04. The lowest BCUT2D eigenvalue weighted by molar-refractivity contribution is -0.348. The lowest BCUT2D eigenvalue weighted by Gasteiger charge is -2.31. The van der Waals surface area contributed by atoms with Crippen molar-refractivity contribution in [2.45, 2.75) is 37.5 Å². The average molecular weight is 817 g/mol. The molecule has 0 spiro atoms. The van der Waals surface area contributed by atoms with Crippen molar-refractivity contribution in [2.24, 2.45) is 0 Å². The van der Waals surface area contributed by atoms with Crippen LogP contribution in [0, 0.1) is 17.1 Å². The number of ether oxygens (including phenoxy) is 1. The van der Waals surface area contributed by atoms with Crippen LogP contribution in [0.5, 0.6) is 0 Å². The number of carbonyl (C=O) groups excluding carboxylic acids is 4. The lowest BCUT2D eigenvalue weighted by atomic mass is 9.92. The molecule has 0 heterocycles. The van der Waals surface area contributed by atoms with E-state index in [1.54, 1.807) is 11.4 Å². The number of anilines is 2. The van der Waals surface area contributed by atoms with E-state index < -0.39 is 105 Å². The molecule has 52 heavy (non-hydrogen) atoms. The third kappa shape index (κ3) is 8.78. The van der Waals surface area contributed by atoms with E-state index in [1.807, 2.05) is 5.32 Å². The topological polar surface area (TPSA) is 129 Å². The number of rotatable bonds is 9. The number of nitriles is 1.